The fraction of sp³-hybridized carbons (Fsp3) is 0.368. The van der Waals surface area contributed by atoms with Crippen LogP contribution in [-0.4, -0.2) is 41.7 Å². The number of hydrogen-bond acceptors (Lipinski definition) is 5. The molecule has 3 amide bonds. The number of likely N-dealkylation sites (tertiary alicyclic amines) is 1. The van der Waals surface area contributed by atoms with Gasteiger partial charge in [-0.2, -0.15) is 0 Å². The van der Waals surface area contributed by atoms with Crippen LogP contribution in [0.2, 0.25) is 0 Å². The molecule has 1 aromatic carbocycles. The lowest BCUT2D eigenvalue weighted by atomic mass is 9.85. The molecule has 2 aliphatic rings. The molecule has 0 bridgehead atoms. The predicted octanol–water partition coefficient (Wildman–Crippen LogP) is 0.936. The van der Waals surface area contributed by atoms with Crippen LogP contribution in [0.15, 0.2) is 36.4 Å². The molecule has 1 N–H and O–H groups in total. The van der Waals surface area contributed by atoms with Gasteiger partial charge in [0.2, 0.25) is 11.8 Å². The number of hydrogen-bond donors (Lipinski definition) is 1. The Morgan fingerprint density at radius 1 is 1.11 bits per heavy atom. The summed E-state index contributed by atoms with van der Waals surface area (Å²) >= 11 is 0. The predicted molar refractivity (Wildman–Crippen MR) is 91.3 cm³/mol. The molecule has 0 spiro atoms. The number of nitrogens with one attached hydrogen (secondary N) is 1. The van der Waals surface area contributed by atoms with Crippen LogP contribution in [0.3, 0.4) is 0 Å². The van der Waals surface area contributed by atoms with Gasteiger partial charge >= 0.3 is 5.97 Å². The van der Waals surface area contributed by atoms with E-state index in [-0.39, 0.29) is 18.4 Å². The van der Waals surface area contributed by atoms with E-state index in [2.05, 4.69) is 5.32 Å². The van der Waals surface area contributed by atoms with Crippen molar-refractivity contribution in [2.24, 2.45) is 11.8 Å². The minimum absolute atomic E-state index is 0.0392. The monoisotopic (exact) mass is 374 g/mol. The fourth-order valence-electron chi connectivity index (χ4n) is 3.23. The quantitative estimate of drug-likeness (QED) is 0.454. The minimum atomic E-state index is -0.843. The lowest BCUT2D eigenvalue weighted by molar-refractivity contribution is -0.154. The third kappa shape index (κ3) is 4.21. The highest BCUT2D eigenvalue weighted by atomic mass is 19.1. The number of halogens is 1. The number of allylic oxidation sites excluding steroid dienone is 2. The van der Waals surface area contributed by atoms with Crippen molar-refractivity contribution in [2.45, 2.75) is 19.4 Å². The normalized spacial score (nSPS) is 21.1. The molecule has 7 nitrogen and oxygen atoms in total. The number of imide groups is 1. The highest BCUT2D eigenvalue weighted by molar-refractivity contribution is 6.07. The summed E-state index contributed by atoms with van der Waals surface area (Å²) in [6, 6.07) is 5.98. The molecule has 0 aromatic heterocycles. The van der Waals surface area contributed by atoms with Gasteiger partial charge in [-0.15, -0.1) is 0 Å². The van der Waals surface area contributed by atoms with Crippen LogP contribution in [0.5, 0.6) is 0 Å². The topological polar surface area (TPSA) is 92.8 Å². The van der Waals surface area contributed by atoms with Gasteiger partial charge in [0.15, 0.2) is 6.61 Å². The van der Waals surface area contributed by atoms with E-state index >= 15 is 0 Å². The van der Waals surface area contributed by atoms with E-state index in [1.54, 1.807) is 6.07 Å². The van der Waals surface area contributed by atoms with Crippen molar-refractivity contribution in [3.63, 3.8) is 0 Å². The summed E-state index contributed by atoms with van der Waals surface area (Å²) < 4.78 is 18.3. The first kappa shape index (κ1) is 18.8. The van der Waals surface area contributed by atoms with Crippen molar-refractivity contribution in [3.8, 4) is 0 Å². The summed E-state index contributed by atoms with van der Waals surface area (Å²) in [4.78, 5) is 49.1. The SMILES string of the molecule is O=C(COC(=O)CN1C(=O)[C@H]2CC=CC[C@H]2C1=O)NCc1ccccc1F. The van der Waals surface area contributed by atoms with E-state index in [1.807, 2.05) is 12.2 Å². The zero-order chi connectivity index (χ0) is 19.4. The summed E-state index contributed by atoms with van der Waals surface area (Å²) in [5.41, 5.74) is 0.307. The Balaban J connectivity index is 1.44. The lowest BCUT2D eigenvalue weighted by Gasteiger charge is -2.14. The summed E-state index contributed by atoms with van der Waals surface area (Å²) in [7, 11) is 0. The first-order chi connectivity index (χ1) is 13.0. The third-order valence-corrected chi connectivity index (χ3v) is 4.68. The molecule has 1 aromatic rings. The number of benzene rings is 1. The zero-order valence-corrected chi connectivity index (χ0v) is 14.5. The number of carbonyl (C=O) groups is 4. The number of rotatable bonds is 6. The number of esters is 1. The maximum absolute atomic E-state index is 13.5. The highest BCUT2D eigenvalue weighted by Crippen LogP contribution is 2.34. The zero-order valence-electron chi connectivity index (χ0n) is 14.5. The Kier molecular flexibility index (Phi) is 5.63. The summed E-state index contributed by atoms with van der Waals surface area (Å²) in [6.45, 7) is -1.12. The van der Waals surface area contributed by atoms with Gasteiger partial charge in [0.05, 0.1) is 11.8 Å². The molecule has 8 heteroatoms. The number of nitrogens with zero attached hydrogens (tertiary/aromatic N) is 1. The molecule has 2 atom stereocenters. The maximum Gasteiger partial charge on any atom is 0.326 e. The molecule has 1 aliphatic carbocycles. The van der Waals surface area contributed by atoms with Crippen molar-refractivity contribution >= 4 is 23.7 Å². The van der Waals surface area contributed by atoms with Gasteiger partial charge in [-0.25, -0.2) is 4.39 Å². The maximum atomic E-state index is 13.5. The summed E-state index contributed by atoms with van der Waals surface area (Å²) in [6.07, 6.45) is 4.68. The van der Waals surface area contributed by atoms with Crippen molar-refractivity contribution < 1.29 is 28.3 Å². The van der Waals surface area contributed by atoms with Crippen molar-refractivity contribution in [1.82, 2.24) is 10.2 Å². The average Bonchev–Trinajstić information content (AvgIpc) is 2.91. The van der Waals surface area contributed by atoms with E-state index in [4.69, 9.17) is 4.74 Å². The van der Waals surface area contributed by atoms with Crippen LogP contribution >= 0.6 is 0 Å². The number of amides is 3. The van der Waals surface area contributed by atoms with Crippen LogP contribution in [0.25, 0.3) is 0 Å². The highest BCUT2D eigenvalue weighted by Gasteiger charge is 2.47. The first-order valence-corrected chi connectivity index (χ1v) is 8.63. The Morgan fingerprint density at radius 2 is 1.74 bits per heavy atom. The van der Waals surface area contributed by atoms with Gasteiger partial charge < -0.3 is 10.1 Å². The smallest absolute Gasteiger partial charge is 0.326 e. The molecule has 1 aliphatic heterocycles. The average molecular weight is 374 g/mol. The molecule has 27 heavy (non-hydrogen) atoms. The van der Waals surface area contributed by atoms with E-state index in [1.165, 1.54) is 18.2 Å². The van der Waals surface area contributed by atoms with Crippen LogP contribution < -0.4 is 5.32 Å². The Hall–Kier alpha value is -3.03. The van der Waals surface area contributed by atoms with Crippen LogP contribution in [0.1, 0.15) is 18.4 Å². The van der Waals surface area contributed by atoms with Gasteiger partial charge in [0.1, 0.15) is 12.4 Å². The van der Waals surface area contributed by atoms with Crippen LogP contribution in [0.4, 0.5) is 4.39 Å². The number of carbonyl (C=O) groups excluding carboxylic acids is 4. The third-order valence-electron chi connectivity index (χ3n) is 4.68. The molecule has 142 valence electrons. The van der Waals surface area contributed by atoms with Crippen LogP contribution in [-0.2, 0) is 30.5 Å². The standard InChI is InChI=1S/C19H19FN2O5/c20-15-8-4-1-5-12(15)9-21-16(23)11-27-17(24)10-22-18(25)13-6-2-3-7-14(13)19(22)26/h1-5,8,13-14H,6-7,9-11H2,(H,21,23)/t13-,14+. The molecule has 0 unspecified atom stereocenters. The Bertz CT molecular complexity index is 781. The van der Waals surface area contributed by atoms with E-state index in [0.29, 0.717) is 18.4 Å². The van der Waals surface area contributed by atoms with Gasteiger partial charge in [-0.1, -0.05) is 30.4 Å². The largest absolute Gasteiger partial charge is 0.454 e. The van der Waals surface area contributed by atoms with Crippen molar-refractivity contribution in [1.29, 1.82) is 0 Å². The van der Waals surface area contributed by atoms with Crippen LogP contribution in [0, 0.1) is 17.7 Å². The second-order valence-electron chi connectivity index (χ2n) is 6.45. The van der Waals surface area contributed by atoms with Gasteiger partial charge in [0.25, 0.3) is 5.91 Å². The summed E-state index contributed by atoms with van der Waals surface area (Å²) in [5.74, 6) is -3.49. The lowest BCUT2D eigenvalue weighted by Crippen LogP contribution is -2.38. The molecule has 3 rings (SSSR count). The van der Waals surface area contributed by atoms with Crippen molar-refractivity contribution in [3.05, 3.63) is 47.8 Å². The molecule has 1 fully saturated rings. The van der Waals surface area contributed by atoms with E-state index in [9.17, 15) is 23.6 Å². The van der Waals surface area contributed by atoms with Gasteiger partial charge in [-0.05, 0) is 18.9 Å². The van der Waals surface area contributed by atoms with Crippen molar-refractivity contribution in [2.75, 3.05) is 13.2 Å². The number of ether oxygens (including phenoxy) is 1. The molecule has 0 saturated carbocycles. The second-order valence-corrected chi connectivity index (χ2v) is 6.45. The second kappa shape index (κ2) is 8.11. The minimum Gasteiger partial charge on any atom is -0.454 e. The van der Waals surface area contributed by atoms with Gasteiger partial charge in [0, 0.05) is 12.1 Å². The molecule has 1 heterocycles. The number of fused-ring (bicyclic) bond motifs is 1. The summed E-state index contributed by atoms with van der Waals surface area (Å²) in [5, 5.41) is 2.44. The first-order valence-electron chi connectivity index (χ1n) is 8.63. The molecular weight excluding hydrogens is 355 g/mol. The Morgan fingerprint density at radius 3 is 2.37 bits per heavy atom. The fourth-order valence-corrected chi connectivity index (χ4v) is 3.23. The molecule has 0 radical (unpaired) electrons. The molecule has 1 saturated heterocycles. The molecular formula is C19H19FN2O5. The Labute approximate surface area is 155 Å². The van der Waals surface area contributed by atoms with Gasteiger partial charge in [-0.3, -0.25) is 24.1 Å². The van der Waals surface area contributed by atoms with E-state index in [0.717, 1.165) is 4.90 Å². The van der Waals surface area contributed by atoms with E-state index < -0.39 is 42.7 Å².